The van der Waals surface area contributed by atoms with Crippen molar-refractivity contribution in [1.29, 1.82) is 0 Å². The first-order valence-corrected chi connectivity index (χ1v) is 12.2. The molecule has 1 saturated heterocycles. The highest BCUT2D eigenvalue weighted by molar-refractivity contribution is 5.84. The van der Waals surface area contributed by atoms with Crippen molar-refractivity contribution in [1.82, 2.24) is 24.8 Å². The number of fused-ring (bicyclic) bond motifs is 1. The molecule has 7 nitrogen and oxygen atoms in total. The van der Waals surface area contributed by atoms with Crippen LogP contribution in [-0.4, -0.2) is 81.8 Å². The van der Waals surface area contributed by atoms with Crippen LogP contribution >= 0.6 is 0 Å². The Morgan fingerprint density at radius 3 is 2.03 bits per heavy atom. The van der Waals surface area contributed by atoms with E-state index < -0.39 is 6.10 Å². The summed E-state index contributed by atoms with van der Waals surface area (Å²) in [5.41, 5.74) is 2.99. The Morgan fingerprint density at radius 2 is 1.37 bits per heavy atom. The number of piperazine rings is 1. The Morgan fingerprint density at radius 1 is 0.714 bits per heavy atom. The van der Waals surface area contributed by atoms with Crippen LogP contribution in [0.2, 0.25) is 0 Å². The van der Waals surface area contributed by atoms with Crippen LogP contribution in [0.1, 0.15) is 17.3 Å². The van der Waals surface area contributed by atoms with Gasteiger partial charge in [-0.2, -0.15) is 0 Å². The van der Waals surface area contributed by atoms with E-state index in [1.54, 1.807) is 6.20 Å². The molecule has 0 amide bonds. The Kier molecular flexibility index (Phi) is 7.58. The minimum Gasteiger partial charge on any atom is -0.490 e. The molecule has 35 heavy (non-hydrogen) atoms. The smallest absolute Gasteiger partial charge is 0.128 e. The largest absolute Gasteiger partial charge is 0.490 e. The molecular weight excluding hydrogens is 438 g/mol. The number of hydrogen-bond donors (Lipinski definition) is 1. The summed E-state index contributed by atoms with van der Waals surface area (Å²) in [7, 11) is 0. The van der Waals surface area contributed by atoms with Gasteiger partial charge in [-0.1, -0.05) is 18.2 Å². The van der Waals surface area contributed by atoms with Gasteiger partial charge in [0.15, 0.2) is 0 Å². The van der Waals surface area contributed by atoms with E-state index in [9.17, 15) is 5.11 Å². The number of hydrogen-bond acceptors (Lipinski definition) is 7. The van der Waals surface area contributed by atoms with Gasteiger partial charge in [0.2, 0.25) is 0 Å². The average Bonchev–Trinajstić information content (AvgIpc) is 2.92. The van der Waals surface area contributed by atoms with Crippen molar-refractivity contribution >= 4 is 10.9 Å². The fourth-order valence-electron chi connectivity index (χ4n) is 4.65. The van der Waals surface area contributed by atoms with Crippen molar-refractivity contribution in [2.75, 3.05) is 45.9 Å². The van der Waals surface area contributed by atoms with Crippen molar-refractivity contribution in [3.8, 4) is 5.75 Å². The van der Waals surface area contributed by atoms with Crippen molar-refractivity contribution in [2.24, 2.45) is 0 Å². The van der Waals surface area contributed by atoms with Crippen LogP contribution in [0.4, 0.5) is 0 Å². The summed E-state index contributed by atoms with van der Waals surface area (Å²) < 4.78 is 5.95. The third kappa shape index (κ3) is 6.00. The predicted octanol–water partition coefficient (Wildman–Crippen LogP) is 3.21. The van der Waals surface area contributed by atoms with Crippen LogP contribution in [0.5, 0.6) is 5.75 Å². The molecule has 1 aliphatic heterocycles. The zero-order chi connectivity index (χ0) is 23.9. The van der Waals surface area contributed by atoms with Gasteiger partial charge >= 0.3 is 0 Å². The SMILES string of the molecule is OC(COc1cccc2ncccc12)CN1CCN(CC(c2ccccn2)c2ccccn2)CC1. The van der Waals surface area contributed by atoms with Crippen molar-refractivity contribution in [2.45, 2.75) is 12.0 Å². The molecule has 0 bridgehead atoms. The van der Waals surface area contributed by atoms with Gasteiger partial charge in [-0.05, 0) is 48.5 Å². The first kappa shape index (κ1) is 23.4. The Hall–Kier alpha value is -3.39. The van der Waals surface area contributed by atoms with E-state index >= 15 is 0 Å². The first-order valence-electron chi connectivity index (χ1n) is 12.2. The summed E-state index contributed by atoms with van der Waals surface area (Å²) in [4.78, 5) is 18.4. The molecule has 3 aromatic heterocycles. The first-order chi connectivity index (χ1) is 17.3. The molecule has 1 aliphatic rings. The number of rotatable bonds is 9. The highest BCUT2D eigenvalue weighted by Crippen LogP contribution is 2.24. The Bertz CT molecular complexity index is 1150. The summed E-state index contributed by atoms with van der Waals surface area (Å²) in [6.45, 7) is 5.44. The van der Waals surface area contributed by atoms with E-state index in [1.807, 2.05) is 67.0 Å². The summed E-state index contributed by atoms with van der Waals surface area (Å²) >= 11 is 0. The monoisotopic (exact) mass is 469 g/mol. The summed E-state index contributed by atoms with van der Waals surface area (Å²) in [6, 6.07) is 21.8. The van der Waals surface area contributed by atoms with Gasteiger partial charge < -0.3 is 9.84 Å². The molecule has 4 aromatic rings. The molecule has 0 radical (unpaired) electrons. The van der Waals surface area contributed by atoms with Crippen molar-refractivity contribution in [3.63, 3.8) is 0 Å². The number of aliphatic hydroxyl groups is 1. The van der Waals surface area contributed by atoms with Crippen molar-refractivity contribution in [3.05, 3.63) is 96.7 Å². The normalized spacial score (nSPS) is 15.9. The van der Waals surface area contributed by atoms with E-state index in [-0.39, 0.29) is 12.5 Å². The lowest BCUT2D eigenvalue weighted by Gasteiger charge is -2.37. The van der Waals surface area contributed by atoms with Crippen LogP contribution in [0, 0.1) is 0 Å². The highest BCUT2D eigenvalue weighted by Gasteiger charge is 2.24. The number of aliphatic hydroxyl groups excluding tert-OH is 1. The van der Waals surface area contributed by atoms with Crippen LogP contribution in [-0.2, 0) is 0 Å². The van der Waals surface area contributed by atoms with E-state index in [1.165, 1.54) is 0 Å². The molecule has 180 valence electrons. The lowest BCUT2D eigenvalue weighted by atomic mass is 9.98. The average molecular weight is 470 g/mol. The standard InChI is InChI=1S/C28H31N5O2/c34-22(21-35-28-11-5-10-25-23(28)7-6-14-31-25)19-32-15-17-33(18-16-32)20-24(26-8-1-3-12-29-26)27-9-2-4-13-30-27/h1-14,22,24,34H,15-21H2. The second kappa shape index (κ2) is 11.4. The van der Waals surface area contributed by atoms with Crippen molar-refractivity contribution < 1.29 is 9.84 Å². The molecule has 0 saturated carbocycles. The van der Waals surface area contributed by atoms with Crippen LogP contribution in [0.3, 0.4) is 0 Å². The number of pyridine rings is 3. The second-order valence-corrected chi connectivity index (χ2v) is 8.95. The third-order valence-corrected chi connectivity index (χ3v) is 6.50. The van der Waals surface area contributed by atoms with Gasteiger partial charge in [0, 0.05) is 63.2 Å². The fraction of sp³-hybridized carbons (Fsp3) is 0.321. The zero-order valence-electron chi connectivity index (χ0n) is 19.8. The zero-order valence-corrected chi connectivity index (χ0v) is 19.8. The quantitative estimate of drug-likeness (QED) is 0.403. The van der Waals surface area contributed by atoms with E-state index in [0.717, 1.165) is 60.8 Å². The number of β-amino-alcohol motifs (C(OH)–C–C–N with tert-alkyl or cyclic N) is 1. The van der Waals surface area contributed by atoms with E-state index in [4.69, 9.17) is 4.74 Å². The Labute approximate surface area is 206 Å². The minimum atomic E-state index is -0.553. The van der Waals surface area contributed by atoms with Crippen LogP contribution in [0.25, 0.3) is 10.9 Å². The van der Waals surface area contributed by atoms with Crippen LogP contribution < -0.4 is 4.74 Å². The summed E-state index contributed by atoms with van der Waals surface area (Å²) in [5, 5.41) is 11.6. The summed E-state index contributed by atoms with van der Waals surface area (Å²) in [5.74, 6) is 0.896. The van der Waals surface area contributed by atoms with Gasteiger partial charge in [0.1, 0.15) is 18.5 Å². The molecule has 4 heterocycles. The van der Waals surface area contributed by atoms with Gasteiger partial charge in [-0.25, -0.2) is 0 Å². The number of nitrogens with zero attached hydrogens (tertiary/aromatic N) is 5. The molecule has 7 heteroatoms. The number of aromatic nitrogens is 3. The van der Waals surface area contributed by atoms with Gasteiger partial charge in [-0.15, -0.1) is 0 Å². The third-order valence-electron chi connectivity index (χ3n) is 6.50. The van der Waals surface area contributed by atoms with Gasteiger partial charge in [0.05, 0.1) is 22.8 Å². The number of ether oxygens (including phenoxy) is 1. The second-order valence-electron chi connectivity index (χ2n) is 8.95. The molecule has 5 rings (SSSR count). The molecule has 0 aliphatic carbocycles. The molecule has 1 aromatic carbocycles. The predicted molar refractivity (Wildman–Crippen MR) is 136 cm³/mol. The highest BCUT2D eigenvalue weighted by atomic mass is 16.5. The number of benzene rings is 1. The minimum absolute atomic E-state index is 0.137. The maximum atomic E-state index is 10.6. The van der Waals surface area contributed by atoms with E-state index in [2.05, 4.69) is 36.9 Å². The molecule has 1 N–H and O–H groups in total. The van der Waals surface area contributed by atoms with Gasteiger partial charge in [0.25, 0.3) is 0 Å². The Balaban J connectivity index is 1.13. The lowest BCUT2D eigenvalue weighted by Crippen LogP contribution is -2.50. The van der Waals surface area contributed by atoms with E-state index in [0.29, 0.717) is 6.54 Å². The molecule has 1 unspecified atom stereocenters. The maximum Gasteiger partial charge on any atom is 0.128 e. The fourth-order valence-corrected chi connectivity index (χ4v) is 4.65. The topological polar surface area (TPSA) is 74.6 Å². The molecular formula is C28H31N5O2. The molecule has 1 atom stereocenters. The van der Waals surface area contributed by atoms with Crippen LogP contribution in [0.15, 0.2) is 85.3 Å². The molecule has 1 fully saturated rings. The lowest BCUT2D eigenvalue weighted by molar-refractivity contribution is 0.0458. The van der Waals surface area contributed by atoms with Gasteiger partial charge in [-0.3, -0.25) is 24.8 Å². The summed E-state index contributed by atoms with van der Waals surface area (Å²) in [6.07, 6.45) is 4.92. The molecule has 0 spiro atoms. The maximum absolute atomic E-state index is 10.6.